The van der Waals surface area contributed by atoms with Crippen LogP contribution < -0.4 is 5.32 Å². The smallest absolute Gasteiger partial charge is 0.348 e. The normalized spacial score (nSPS) is 20.1. The van der Waals surface area contributed by atoms with Crippen LogP contribution in [0.15, 0.2) is 48.5 Å². The zero-order chi connectivity index (χ0) is 22.3. The largest absolute Gasteiger partial charge is 0.417 e. The summed E-state index contributed by atoms with van der Waals surface area (Å²) in [6, 6.07) is 7.94. The molecule has 1 amide bonds. The van der Waals surface area contributed by atoms with Gasteiger partial charge in [0.1, 0.15) is 0 Å². The molecule has 2 unspecified atom stereocenters. The van der Waals surface area contributed by atoms with Gasteiger partial charge in [0.05, 0.1) is 17.2 Å². The molecule has 0 bridgehead atoms. The quantitative estimate of drug-likeness (QED) is 0.448. The van der Waals surface area contributed by atoms with Crippen LogP contribution in [0.4, 0.5) is 26.3 Å². The molecule has 1 N–H and O–H groups in total. The third kappa shape index (κ3) is 4.22. The molecule has 3 rings (SSSR count). The molecule has 0 spiro atoms. The van der Waals surface area contributed by atoms with Gasteiger partial charge in [-0.3, -0.25) is 14.4 Å². The number of Topliss-reactive ketones (excluding diaryl/α,β-unsaturated/α-hetero) is 2. The van der Waals surface area contributed by atoms with Crippen LogP contribution in [0.5, 0.6) is 0 Å². The molecule has 4 nitrogen and oxygen atoms in total. The third-order valence-corrected chi connectivity index (χ3v) is 4.69. The number of piperidine rings is 1. The van der Waals surface area contributed by atoms with Crippen LogP contribution in [-0.2, 0) is 21.9 Å². The average molecular weight is 429 g/mol. The van der Waals surface area contributed by atoms with Crippen LogP contribution in [0.2, 0.25) is 0 Å². The van der Waals surface area contributed by atoms with E-state index in [0.717, 1.165) is 0 Å². The van der Waals surface area contributed by atoms with Crippen molar-refractivity contribution < 1.29 is 40.7 Å². The topological polar surface area (TPSA) is 63.2 Å². The van der Waals surface area contributed by atoms with Gasteiger partial charge < -0.3 is 5.32 Å². The summed E-state index contributed by atoms with van der Waals surface area (Å²) in [6.45, 7) is 0. The number of alkyl halides is 6. The molecule has 0 saturated carbocycles. The van der Waals surface area contributed by atoms with Crippen LogP contribution >= 0.6 is 0 Å². The molecule has 2 aromatic carbocycles. The Balaban J connectivity index is 1.95. The second-order valence-electron chi connectivity index (χ2n) is 6.70. The maximum atomic E-state index is 13.3. The first-order valence-electron chi connectivity index (χ1n) is 8.60. The van der Waals surface area contributed by atoms with Gasteiger partial charge in [-0.1, -0.05) is 36.4 Å². The minimum atomic E-state index is -5.30. The van der Waals surface area contributed by atoms with Crippen LogP contribution in [-0.4, -0.2) is 17.5 Å². The Kier molecular flexibility index (Phi) is 5.44. The van der Waals surface area contributed by atoms with Crippen molar-refractivity contribution >= 4 is 17.5 Å². The van der Waals surface area contributed by atoms with Crippen molar-refractivity contribution in [3.8, 4) is 0 Å². The van der Waals surface area contributed by atoms with Gasteiger partial charge in [-0.2, -0.15) is 26.3 Å². The predicted octanol–water partition coefficient (Wildman–Crippen LogP) is 4.35. The fourth-order valence-corrected chi connectivity index (χ4v) is 3.25. The van der Waals surface area contributed by atoms with Crippen molar-refractivity contribution in [2.45, 2.75) is 24.8 Å². The van der Waals surface area contributed by atoms with Gasteiger partial charge in [0.25, 0.3) is 0 Å². The van der Waals surface area contributed by atoms with E-state index in [-0.39, 0.29) is 12.5 Å². The van der Waals surface area contributed by atoms with Crippen molar-refractivity contribution in [2.24, 2.45) is 5.92 Å². The lowest BCUT2D eigenvalue weighted by Crippen LogP contribution is -2.48. The summed E-state index contributed by atoms with van der Waals surface area (Å²) in [6.07, 6.45) is -10.7. The highest BCUT2D eigenvalue weighted by Crippen LogP contribution is 2.38. The van der Waals surface area contributed by atoms with E-state index in [1.807, 2.05) is 0 Å². The minimum Gasteiger partial charge on any atom is -0.348 e. The molecule has 1 fully saturated rings. The lowest BCUT2D eigenvalue weighted by molar-refractivity contribution is -0.144. The Morgan fingerprint density at radius 3 is 2.07 bits per heavy atom. The molecule has 1 aliphatic rings. The van der Waals surface area contributed by atoms with Crippen molar-refractivity contribution in [1.82, 2.24) is 5.32 Å². The molecule has 1 aliphatic heterocycles. The molecule has 2 atom stereocenters. The molecule has 0 aromatic heterocycles. The highest BCUT2D eigenvalue weighted by Gasteiger charge is 2.45. The first-order chi connectivity index (χ1) is 13.9. The zero-order valence-corrected chi connectivity index (χ0v) is 15.0. The van der Waals surface area contributed by atoms with E-state index in [2.05, 4.69) is 5.32 Å². The highest BCUT2D eigenvalue weighted by atomic mass is 19.4. The summed E-state index contributed by atoms with van der Waals surface area (Å²) in [4.78, 5) is 37.5. The number of benzene rings is 2. The number of rotatable bonds is 3. The van der Waals surface area contributed by atoms with Gasteiger partial charge in [-0.05, 0) is 17.7 Å². The van der Waals surface area contributed by atoms with Crippen LogP contribution in [0, 0.1) is 5.92 Å². The summed E-state index contributed by atoms with van der Waals surface area (Å²) >= 11 is 0. The molecule has 10 heteroatoms. The van der Waals surface area contributed by atoms with Gasteiger partial charge in [-0.15, -0.1) is 0 Å². The summed E-state index contributed by atoms with van der Waals surface area (Å²) in [5, 5.41) is 2.42. The van der Waals surface area contributed by atoms with Gasteiger partial charge in [0.2, 0.25) is 5.91 Å². The van der Waals surface area contributed by atoms with Gasteiger partial charge in [0, 0.05) is 12.0 Å². The molecule has 30 heavy (non-hydrogen) atoms. The number of nitrogens with one attached hydrogen (secondary N) is 1. The fourth-order valence-electron chi connectivity index (χ4n) is 3.25. The Hall–Kier alpha value is -3.17. The first kappa shape index (κ1) is 21.5. The lowest BCUT2D eigenvalue weighted by Gasteiger charge is -2.28. The molecular formula is C20H13F6NO3. The fraction of sp³-hybridized carbons (Fsp3) is 0.250. The Morgan fingerprint density at radius 1 is 0.900 bits per heavy atom. The Labute approximate surface area is 165 Å². The van der Waals surface area contributed by atoms with E-state index in [9.17, 15) is 40.7 Å². The average Bonchev–Trinajstić information content (AvgIpc) is 2.66. The van der Waals surface area contributed by atoms with Crippen LogP contribution in [0.1, 0.15) is 39.5 Å². The van der Waals surface area contributed by atoms with E-state index in [1.165, 1.54) is 0 Å². The lowest BCUT2D eigenvalue weighted by atomic mass is 9.83. The Morgan fingerprint density at radius 2 is 1.53 bits per heavy atom. The minimum absolute atomic E-state index is 0.203. The number of ketones is 2. The molecule has 1 saturated heterocycles. The van der Waals surface area contributed by atoms with E-state index in [1.54, 1.807) is 30.3 Å². The maximum absolute atomic E-state index is 13.3. The molecule has 1 heterocycles. The highest BCUT2D eigenvalue weighted by molar-refractivity contribution is 6.25. The summed E-state index contributed by atoms with van der Waals surface area (Å²) in [5.41, 5.74) is -4.05. The van der Waals surface area contributed by atoms with E-state index in [0.29, 0.717) is 17.7 Å². The second-order valence-corrected chi connectivity index (χ2v) is 6.70. The molecule has 0 aliphatic carbocycles. The SMILES string of the molecule is O=C1CC(c2ccccc2)NC(=O)C1C(=O)c1ccc(C(F)(F)F)cc1C(F)(F)F. The van der Waals surface area contributed by atoms with E-state index in [4.69, 9.17) is 0 Å². The standard InChI is InChI=1S/C20H13F6NO3/c21-19(22,23)11-6-7-12(13(8-11)20(24,25)26)17(29)16-15(28)9-14(27-18(16)30)10-4-2-1-3-5-10/h1-8,14,16H,9H2,(H,27,30). The number of hydrogen-bond acceptors (Lipinski definition) is 3. The van der Waals surface area contributed by atoms with E-state index < -0.39 is 58.5 Å². The van der Waals surface area contributed by atoms with Crippen molar-refractivity contribution in [1.29, 1.82) is 0 Å². The number of carbonyl (C=O) groups excluding carboxylic acids is 3. The van der Waals surface area contributed by atoms with Crippen LogP contribution in [0.25, 0.3) is 0 Å². The summed E-state index contributed by atoms with van der Waals surface area (Å²) in [7, 11) is 0. The van der Waals surface area contributed by atoms with Gasteiger partial charge in [-0.25, -0.2) is 0 Å². The number of amides is 1. The monoisotopic (exact) mass is 429 g/mol. The zero-order valence-electron chi connectivity index (χ0n) is 15.0. The number of halogens is 6. The summed E-state index contributed by atoms with van der Waals surface area (Å²) < 4.78 is 78.4. The van der Waals surface area contributed by atoms with E-state index >= 15 is 0 Å². The second kappa shape index (κ2) is 7.58. The van der Waals surface area contributed by atoms with Crippen molar-refractivity contribution in [3.05, 3.63) is 70.8 Å². The number of carbonyl (C=O) groups is 3. The predicted molar refractivity (Wildman–Crippen MR) is 91.2 cm³/mol. The molecule has 158 valence electrons. The number of hydrogen-bond donors (Lipinski definition) is 1. The third-order valence-electron chi connectivity index (χ3n) is 4.69. The molecule has 2 aromatic rings. The van der Waals surface area contributed by atoms with Crippen molar-refractivity contribution in [3.63, 3.8) is 0 Å². The van der Waals surface area contributed by atoms with Gasteiger partial charge in [0.15, 0.2) is 17.5 Å². The molecule has 0 radical (unpaired) electrons. The van der Waals surface area contributed by atoms with Crippen LogP contribution in [0.3, 0.4) is 0 Å². The first-order valence-corrected chi connectivity index (χ1v) is 8.60. The maximum Gasteiger partial charge on any atom is 0.417 e. The summed E-state index contributed by atoms with van der Waals surface area (Å²) in [5.74, 6) is -5.57. The molecular weight excluding hydrogens is 416 g/mol. The van der Waals surface area contributed by atoms with Gasteiger partial charge >= 0.3 is 12.4 Å². The Bertz CT molecular complexity index is 980. The van der Waals surface area contributed by atoms with Crippen molar-refractivity contribution in [2.75, 3.05) is 0 Å².